The number of nitrogens with zero attached hydrogens (tertiary/aromatic N) is 1. The molecule has 2 heterocycles. The van der Waals surface area contributed by atoms with Crippen molar-refractivity contribution in [3.05, 3.63) is 89.5 Å². The minimum atomic E-state index is -0.307. The Hall–Kier alpha value is -3.64. The third-order valence-corrected chi connectivity index (χ3v) is 8.04. The molecule has 0 spiro atoms. The van der Waals surface area contributed by atoms with Gasteiger partial charge in [0, 0.05) is 18.3 Å². The number of fused-ring (bicyclic) bond motifs is 5. The van der Waals surface area contributed by atoms with Crippen LogP contribution >= 0.6 is 0 Å². The van der Waals surface area contributed by atoms with Crippen molar-refractivity contribution >= 4 is 11.9 Å². The number of hydrogen-bond donors (Lipinski definition) is 0. The molecule has 6 rings (SSSR count). The van der Waals surface area contributed by atoms with E-state index < -0.39 is 0 Å². The van der Waals surface area contributed by atoms with Gasteiger partial charge in [0.1, 0.15) is 18.1 Å². The SMILES string of the molecule is COc1cccc(CC(=O)C2CC3COCC(C2)N3C(=O)OCC2c3ccccc3-c3ccccc32)c1. The van der Waals surface area contributed by atoms with Crippen molar-refractivity contribution in [3.8, 4) is 16.9 Å². The van der Waals surface area contributed by atoms with E-state index in [4.69, 9.17) is 14.2 Å². The van der Waals surface area contributed by atoms with Gasteiger partial charge in [-0.3, -0.25) is 9.69 Å². The summed E-state index contributed by atoms with van der Waals surface area (Å²) in [7, 11) is 1.63. The summed E-state index contributed by atoms with van der Waals surface area (Å²) in [4.78, 5) is 28.4. The number of ketones is 1. The van der Waals surface area contributed by atoms with Crippen LogP contribution in [0.2, 0.25) is 0 Å². The molecule has 0 aromatic heterocycles. The molecule has 2 bridgehead atoms. The zero-order chi connectivity index (χ0) is 25.4. The molecule has 2 fully saturated rings. The van der Waals surface area contributed by atoms with Crippen LogP contribution in [-0.2, 0) is 20.7 Å². The summed E-state index contributed by atoms with van der Waals surface area (Å²) in [6, 6.07) is 24.0. The van der Waals surface area contributed by atoms with Gasteiger partial charge in [-0.2, -0.15) is 0 Å². The normalized spacial score (nSPS) is 22.2. The maximum Gasteiger partial charge on any atom is 0.410 e. The zero-order valence-corrected chi connectivity index (χ0v) is 21.0. The van der Waals surface area contributed by atoms with Gasteiger partial charge in [0.2, 0.25) is 0 Å². The quantitative estimate of drug-likeness (QED) is 0.466. The van der Waals surface area contributed by atoms with Crippen LogP contribution in [0.5, 0.6) is 5.75 Å². The molecular formula is C31H31NO5. The third-order valence-electron chi connectivity index (χ3n) is 8.04. The van der Waals surface area contributed by atoms with E-state index in [2.05, 4.69) is 24.3 Å². The van der Waals surface area contributed by atoms with Crippen molar-refractivity contribution in [1.82, 2.24) is 4.90 Å². The maximum atomic E-state index is 13.4. The molecule has 1 aliphatic carbocycles. The molecule has 0 N–H and O–H groups in total. The lowest BCUT2D eigenvalue weighted by Gasteiger charge is -2.47. The van der Waals surface area contributed by atoms with Crippen LogP contribution in [0.15, 0.2) is 72.8 Å². The van der Waals surface area contributed by atoms with Gasteiger partial charge >= 0.3 is 6.09 Å². The third kappa shape index (κ3) is 4.51. The van der Waals surface area contributed by atoms with E-state index in [9.17, 15) is 9.59 Å². The highest BCUT2D eigenvalue weighted by Gasteiger charge is 2.44. The predicted molar refractivity (Wildman–Crippen MR) is 140 cm³/mol. The Bertz CT molecular complexity index is 1260. The Balaban J connectivity index is 1.12. The zero-order valence-electron chi connectivity index (χ0n) is 21.0. The largest absolute Gasteiger partial charge is 0.497 e. The summed E-state index contributed by atoms with van der Waals surface area (Å²) >= 11 is 0. The van der Waals surface area contributed by atoms with Gasteiger partial charge in [-0.05, 0) is 52.8 Å². The van der Waals surface area contributed by atoms with Crippen molar-refractivity contribution in [2.45, 2.75) is 37.3 Å². The van der Waals surface area contributed by atoms with Gasteiger partial charge in [-0.25, -0.2) is 4.79 Å². The van der Waals surface area contributed by atoms with Gasteiger partial charge in [0.15, 0.2) is 0 Å². The average molecular weight is 498 g/mol. The van der Waals surface area contributed by atoms with Crippen molar-refractivity contribution < 1.29 is 23.8 Å². The molecule has 3 aliphatic rings. The topological polar surface area (TPSA) is 65.1 Å². The lowest BCUT2D eigenvalue weighted by molar-refractivity contribution is -0.130. The molecule has 0 saturated carbocycles. The number of amides is 1. The van der Waals surface area contributed by atoms with E-state index in [0.29, 0.717) is 39.1 Å². The highest BCUT2D eigenvalue weighted by Crippen LogP contribution is 2.44. The summed E-state index contributed by atoms with van der Waals surface area (Å²) in [6.07, 6.45) is 1.26. The molecule has 2 unspecified atom stereocenters. The molecule has 2 saturated heterocycles. The van der Waals surface area contributed by atoms with Crippen LogP contribution in [0.1, 0.15) is 35.4 Å². The van der Waals surface area contributed by atoms with Gasteiger partial charge in [0.25, 0.3) is 0 Å². The lowest BCUT2D eigenvalue weighted by atomic mass is 9.81. The van der Waals surface area contributed by atoms with Crippen molar-refractivity contribution in [2.24, 2.45) is 5.92 Å². The van der Waals surface area contributed by atoms with E-state index in [1.165, 1.54) is 22.3 Å². The predicted octanol–water partition coefficient (Wildman–Crippen LogP) is 5.24. The first kappa shape index (κ1) is 23.7. The number of morpholine rings is 1. The maximum absolute atomic E-state index is 13.4. The van der Waals surface area contributed by atoms with Gasteiger partial charge in [0.05, 0.1) is 32.4 Å². The molecule has 3 aromatic rings. The molecule has 0 radical (unpaired) electrons. The highest BCUT2D eigenvalue weighted by molar-refractivity contribution is 5.84. The Morgan fingerprint density at radius 2 is 1.54 bits per heavy atom. The first-order valence-electron chi connectivity index (χ1n) is 13.0. The summed E-state index contributed by atoms with van der Waals surface area (Å²) in [6.45, 7) is 1.16. The highest BCUT2D eigenvalue weighted by atomic mass is 16.6. The first-order valence-corrected chi connectivity index (χ1v) is 13.0. The number of rotatable bonds is 6. The molecule has 37 heavy (non-hydrogen) atoms. The van der Waals surface area contributed by atoms with Crippen molar-refractivity contribution in [2.75, 3.05) is 26.9 Å². The van der Waals surface area contributed by atoms with Gasteiger partial charge < -0.3 is 14.2 Å². The van der Waals surface area contributed by atoms with Crippen LogP contribution in [-0.4, -0.2) is 55.8 Å². The van der Waals surface area contributed by atoms with E-state index in [1.54, 1.807) is 7.11 Å². The molecular weight excluding hydrogens is 466 g/mol. The Morgan fingerprint density at radius 1 is 0.892 bits per heavy atom. The number of hydrogen-bond acceptors (Lipinski definition) is 5. The Kier molecular flexibility index (Phi) is 6.43. The summed E-state index contributed by atoms with van der Waals surface area (Å²) in [5, 5.41) is 0. The van der Waals surface area contributed by atoms with Crippen LogP contribution in [0.25, 0.3) is 11.1 Å². The van der Waals surface area contributed by atoms with Crippen LogP contribution in [0, 0.1) is 5.92 Å². The van der Waals surface area contributed by atoms with E-state index in [1.807, 2.05) is 53.4 Å². The minimum Gasteiger partial charge on any atom is -0.497 e. The van der Waals surface area contributed by atoms with Crippen molar-refractivity contribution in [1.29, 1.82) is 0 Å². The second kappa shape index (κ2) is 10.0. The fourth-order valence-electron chi connectivity index (χ4n) is 6.27. The number of carbonyl (C=O) groups excluding carboxylic acids is 2. The van der Waals surface area contributed by atoms with Gasteiger partial charge in [-0.15, -0.1) is 0 Å². The Morgan fingerprint density at radius 3 is 2.19 bits per heavy atom. The number of methoxy groups -OCH3 is 1. The fraction of sp³-hybridized carbons (Fsp3) is 0.355. The fourth-order valence-corrected chi connectivity index (χ4v) is 6.27. The summed E-state index contributed by atoms with van der Waals surface area (Å²) in [5.41, 5.74) is 5.76. The Labute approximate surface area is 217 Å². The van der Waals surface area contributed by atoms with Gasteiger partial charge in [-0.1, -0.05) is 60.7 Å². The molecule has 6 heteroatoms. The molecule has 1 amide bonds. The molecule has 190 valence electrons. The number of carbonyl (C=O) groups is 2. The molecule has 6 nitrogen and oxygen atoms in total. The van der Waals surface area contributed by atoms with Crippen LogP contribution in [0.4, 0.5) is 4.79 Å². The standard InChI is InChI=1S/C31H31NO5/c1-35-24-8-6-7-20(13-24)14-30(33)21-15-22-17-36-18-23(16-21)32(22)31(34)37-19-29-27-11-4-2-9-25(27)26-10-3-5-12-28(26)29/h2-13,21-23,29H,14-19H2,1H3. The van der Waals surface area contributed by atoms with E-state index in [-0.39, 0.29) is 35.8 Å². The number of ether oxygens (including phenoxy) is 3. The first-order chi connectivity index (χ1) is 18.1. The summed E-state index contributed by atoms with van der Waals surface area (Å²) in [5.74, 6) is 0.884. The minimum absolute atomic E-state index is 0.0226. The molecule has 2 aliphatic heterocycles. The number of Topliss-reactive ketones (excluding diaryl/α,β-unsaturated/α-hetero) is 1. The smallest absolute Gasteiger partial charge is 0.410 e. The average Bonchev–Trinajstić information content (AvgIpc) is 3.24. The molecule has 2 atom stereocenters. The van der Waals surface area contributed by atoms with E-state index in [0.717, 1.165) is 11.3 Å². The van der Waals surface area contributed by atoms with Crippen LogP contribution in [0.3, 0.4) is 0 Å². The molecule has 3 aromatic carbocycles. The lowest BCUT2D eigenvalue weighted by Crippen LogP contribution is -2.60. The second-order valence-corrected chi connectivity index (χ2v) is 10.2. The second-order valence-electron chi connectivity index (χ2n) is 10.2. The van der Waals surface area contributed by atoms with E-state index >= 15 is 0 Å². The number of piperidine rings is 1. The monoisotopic (exact) mass is 497 g/mol. The number of benzene rings is 3. The van der Waals surface area contributed by atoms with Crippen molar-refractivity contribution in [3.63, 3.8) is 0 Å². The summed E-state index contributed by atoms with van der Waals surface area (Å²) < 4.78 is 17.0. The van der Waals surface area contributed by atoms with Crippen LogP contribution < -0.4 is 4.74 Å².